The van der Waals surface area contributed by atoms with Crippen LogP contribution in [0.4, 0.5) is 0 Å². The van der Waals surface area contributed by atoms with Crippen molar-refractivity contribution >= 4 is 49.2 Å². The molecule has 1 aromatic rings. The zero-order valence-corrected chi connectivity index (χ0v) is 12.1. The fraction of sp³-hybridized carbons (Fsp3) is 0.444. The third-order valence-corrected chi connectivity index (χ3v) is 4.38. The molecule has 1 atom stereocenters. The predicted molar refractivity (Wildman–Crippen MR) is 68.5 cm³/mol. The Bertz CT molecular complexity index is 330. The van der Waals surface area contributed by atoms with Gasteiger partial charge in [0.1, 0.15) is 4.83 Å². The van der Waals surface area contributed by atoms with Crippen LogP contribution in [-0.2, 0) is 16.1 Å². The van der Waals surface area contributed by atoms with E-state index in [0.717, 1.165) is 11.0 Å². The van der Waals surface area contributed by atoms with E-state index in [-0.39, 0.29) is 10.8 Å². The van der Waals surface area contributed by atoms with Crippen molar-refractivity contribution in [3.8, 4) is 0 Å². The largest absolute Gasteiger partial charge is 0.468 e. The lowest BCUT2D eigenvalue weighted by molar-refractivity contribution is -0.139. The molecule has 0 bridgehead atoms. The molecule has 6 heteroatoms. The van der Waals surface area contributed by atoms with Crippen LogP contribution in [0.3, 0.4) is 0 Å². The first-order chi connectivity index (χ1) is 7.15. The SMILES string of the molecule is COC(=O)C(Br)CNCc1sccc1Br. The predicted octanol–water partition coefficient (Wildman–Crippen LogP) is 2.54. The number of hydrogen-bond donors (Lipinski definition) is 1. The number of rotatable bonds is 5. The van der Waals surface area contributed by atoms with Crippen LogP contribution in [-0.4, -0.2) is 24.5 Å². The molecule has 1 heterocycles. The summed E-state index contributed by atoms with van der Waals surface area (Å²) < 4.78 is 5.69. The van der Waals surface area contributed by atoms with Gasteiger partial charge in [-0.05, 0) is 27.4 Å². The molecule has 15 heavy (non-hydrogen) atoms. The maximum absolute atomic E-state index is 11.1. The van der Waals surface area contributed by atoms with Crippen molar-refractivity contribution in [3.63, 3.8) is 0 Å². The summed E-state index contributed by atoms with van der Waals surface area (Å²) in [6.45, 7) is 1.30. The van der Waals surface area contributed by atoms with E-state index in [2.05, 4.69) is 41.9 Å². The number of methoxy groups -OCH3 is 1. The molecule has 1 rings (SSSR count). The fourth-order valence-corrected chi connectivity index (χ4v) is 2.85. The molecule has 1 N–H and O–H groups in total. The topological polar surface area (TPSA) is 38.3 Å². The maximum atomic E-state index is 11.1. The molecule has 0 aromatic carbocycles. The zero-order valence-electron chi connectivity index (χ0n) is 8.13. The van der Waals surface area contributed by atoms with Crippen molar-refractivity contribution in [1.29, 1.82) is 0 Å². The molecule has 84 valence electrons. The number of carbonyl (C=O) groups excluding carboxylic acids is 1. The van der Waals surface area contributed by atoms with E-state index >= 15 is 0 Å². The lowest BCUT2D eigenvalue weighted by Gasteiger charge is -2.08. The highest BCUT2D eigenvalue weighted by molar-refractivity contribution is 9.10. The van der Waals surface area contributed by atoms with Gasteiger partial charge in [-0.3, -0.25) is 4.79 Å². The Hall–Kier alpha value is 0.0900. The number of carbonyl (C=O) groups is 1. The maximum Gasteiger partial charge on any atom is 0.320 e. The first-order valence-corrected chi connectivity index (χ1v) is 6.88. The number of alkyl halides is 1. The van der Waals surface area contributed by atoms with E-state index in [9.17, 15) is 4.79 Å². The minimum absolute atomic E-state index is 0.257. The van der Waals surface area contributed by atoms with Crippen LogP contribution in [0.15, 0.2) is 15.9 Å². The second kappa shape index (κ2) is 6.62. The minimum Gasteiger partial charge on any atom is -0.468 e. The summed E-state index contributed by atoms with van der Waals surface area (Å²) >= 11 is 8.36. The Kier molecular flexibility index (Phi) is 5.81. The van der Waals surface area contributed by atoms with Gasteiger partial charge < -0.3 is 10.1 Å². The van der Waals surface area contributed by atoms with E-state index in [1.165, 1.54) is 12.0 Å². The monoisotopic (exact) mass is 355 g/mol. The molecule has 0 aliphatic carbocycles. The lowest BCUT2D eigenvalue weighted by Crippen LogP contribution is -2.29. The molecule has 0 saturated heterocycles. The van der Waals surface area contributed by atoms with Crippen LogP contribution >= 0.6 is 43.2 Å². The van der Waals surface area contributed by atoms with Gasteiger partial charge >= 0.3 is 5.97 Å². The normalized spacial score (nSPS) is 12.5. The van der Waals surface area contributed by atoms with Gasteiger partial charge in [0.15, 0.2) is 0 Å². The summed E-state index contributed by atoms with van der Waals surface area (Å²) in [5.74, 6) is -0.257. The Morgan fingerprint density at radius 2 is 2.47 bits per heavy atom. The standard InChI is InChI=1S/C9H11Br2NO2S/c1-14-9(13)7(11)4-12-5-8-6(10)2-3-15-8/h2-3,7,12H,4-5H2,1H3. The number of hydrogen-bond acceptors (Lipinski definition) is 4. The number of esters is 1. The van der Waals surface area contributed by atoms with Gasteiger partial charge in [-0.1, -0.05) is 15.9 Å². The third kappa shape index (κ3) is 4.22. The van der Waals surface area contributed by atoms with Gasteiger partial charge in [0, 0.05) is 22.4 Å². The van der Waals surface area contributed by atoms with Gasteiger partial charge in [-0.25, -0.2) is 0 Å². The van der Waals surface area contributed by atoms with Gasteiger partial charge in [-0.15, -0.1) is 11.3 Å². The Balaban J connectivity index is 2.28. The second-order valence-electron chi connectivity index (χ2n) is 2.81. The molecule has 0 fully saturated rings. The molecule has 0 spiro atoms. The van der Waals surface area contributed by atoms with Crippen LogP contribution in [0, 0.1) is 0 Å². The summed E-state index contributed by atoms with van der Waals surface area (Å²) in [5.41, 5.74) is 0. The first kappa shape index (κ1) is 13.2. The highest BCUT2D eigenvalue weighted by Gasteiger charge is 2.14. The van der Waals surface area contributed by atoms with Gasteiger partial charge in [0.05, 0.1) is 7.11 Å². The van der Waals surface area contributed by atoms with Crippen molar-refractivity contribution in [1.82, 2.24) is 5.32 Å². The minimum atomic E-state index is -0.291. The van der Waals surface area contributed by atoms with Crippen molar-refractivity contribution < 1.29 is 9.53 Å². The molecule has 3 nitrogen and oxygen atoms in total. The molecule has 1 aromatic heterocycles. The fourth-order valence-electron chi connectivity index (χ4n) is 0.975. The molecular formula is C9H11Br2NO2S. The Morgan fingerprint density at radius 3 is 3.00 bits per heavy atom. The van der Waals surface area contributed by atoms with E-state index in [1.54, 1.807) is 11.3 Å². The summed E-state index contributed by atoms with van der Waals surface area (Å²) in [5, 5.41) is 5.20. The van der Waals surface area contributed by atoms with E-state index in [1.807, 2.05) is 11.4 Å². The summed E-state index contributed by atoms with van der Waals surface area (Å²) in [6, 6.07) is 2.01. The summed E-state index contributed by atoms with van der Waals surface area (Å²) in [7, 11) is 1.38. The quantitative estimate of drug-likeness (QED) is 0.650. The molecule has 0 aliphatic heterocycles. The summed E-state index contributed by atoms with van der Waals surface area (Å²) in [4.78, 5) is 12.0. The second-order valence-corrected chi connectivity index (χ2v) is 5.77. The van der Waals surface area contributed by atoms with Gasteiger partial charge in [-0.2, -0.15) is 0 Å². The molecular weight excluding hydrogens is 346 g/mol. The highest BCUT2D eigenvalue weighted by Crippen LogP contribution is 2.22. The van der Waals surface area contributed by atoms with Gasteiger partial charge in [0.2, 0.25) is 0 Å². The van der Waals surface area contributed by atoms with Crippen molar-refractivity contribution in [2.24, 2.45) is 0 Å². The smallest absolute Gasteiger partial charge is 0.320 e. The van der Waals surface area contributed by atoms with Crippen LogP contribution in [0.1, 0.15) is 4.88 Å². The van der Waals surface area contributed by atoms with Crippen LogP contribution in [0.2, 0.25) is 0 Å². The Labute approximate surface area is 109 Å². The van der Waals surface area contributed by atoms with E-state index in [4.69, 9.17) is 0 Å². The number of halogens is 2. The van der Waals surface area contributed by atoms with Crippen LogP contribution < -0.4 is 5.32 Å². The molecule has 1 unspecified atom stereocenters. The first-order valence-electron chi connectivity index (χ1n) is 4.29. The molecule has 0 saturated carbocycles. The van der Waals surface area contributed by atoms with E-state index in [0.29, 0.717) is 6.54 Å². The van der Waals surface area contributed by atoms with Crippen molar-refractivity contribution in [2.45, 2.75) is 11.4 Å². The summed E-state index contributed by atoms with van der Waals surface area (Å²) in [6.07, 6.45) is 0. The lowest BCUT2D eigenvalue weighted by atomic mass is 10.4. The molecule has 0 radical (unpaired) electrons. The molecule has 0 aliphatic rings. The van der Waals surface area contributed by atoms with Crippen molar-refractivity contribution in [2.75, 3.05) is 13.7 Å². The molecule has 0 amide bonds. The van der Waals surface area contributed by atoms with Gasteiger partial charge in [0.25, 0.3) is 0 Å². The van der Waals surface area contributed by atoms with Crippen LogP contribution in [0.25, 0.3) is 0 Å². The van der Waals surface area contributed by atoms with Crippen LogP contribution in [0.5, 0.6) is 0 Å². The average molecular weight is 357 g/mol. The average Bonchev–Trinajstić information content (AvgIpc) is 2.63. The Morgan fingerprint density at radius 1 is 1.73 bits per heavy atom. The third-order valence-electron chi connectivity index (χ3n) is 1.76. The van der Waals surface area contributed by atoms with Crippen molar-refractivity contribution in [3.05, 3.63) is 20.8 Å². The number of thiophene rings is 1. The number of ether oxygens (including phenoxy) is 1. The number of nitrogens with one attached hydrogen (secondary N) is 1. The highest BCUT2D eigenvalue weighted by atomic mass is 79.9. The van der Waals surface area contributed by atoms with E-state index < -0.39 is 0 Å². The zero-order chi connectivity index (χ0) is 11.3.